The molecule has 4 nitrogen and oxygen atoms in total. The Kier molecular flexibility index (Phi) is 5.99. The van der Waals surface area contributed by atoms with Crippen LogP contribution in [0, 0.1) is 6.92 Å². The molecule has 1 fully saturated rings. The summed E-state index contributed by atoms with van der Waals surface area (Å²) in [4.78, 5) is 0.408. The Hall–Kier alpha value is -1.85. The zero-order chi connectivity index (χ0) is 18.6. The first kappa shape index (κ1) is 18.9. The lowest BCUT2D eigenvalue weighted by Gasteiger charge is -2.39. The number of sulfonamides is 1. The van der Waals surface area contributed by atoms with E-state index in [1.165, 1.54) is 5.56 Å². The van der Waals surface area contributed by atoms with Crippen LogP contribution in [-0.4, -0.2) is 32.4 Å². The topological polar surface area (TPSA) is 46.6 Å². The van der Waals surface area contributed by atoms with Crippen LogP contribution in [0.5, 0.6) is 5.75 Å². The fourth-order valence-corrected chi connectivity index (χ4v) is 5.07. The molecular weight excluding hydrogens is 346 g/mol. The molecular formula is C21H27NO3S. The molecule has 1 saturated heterocycles. The van der Waals surface area contributed by atoms with Crippen LogP contribution in [0.2, 0.25) is 0 Å². The Morgan fingerprint density at radius 2 is 1.73 bits per heavy atom. The van der Waals surface area contributed by atoms with Crippen molar-refractivity contribution in [2.75, 3.05) is 13.7 Å². The van der Waals surface area contributed by atoms with Crippen LogP contribution in [0.3, 0.4) is 0 Å². The van der Waals surface area contributed by atoms with Gasteiger partial charge in [0.2, 0.25) is 10.0 Å². The third-order valence-corrected chi connectivity index (χ3v) is 7.10. The average Bonchev–Trinajstić information content (AvgIpc) is 2.61. The molecule has 3 rings (SSSR count). The first-order valence-electron chi connectivity index (χ1n) is 9.22. The molecule has 0 saturated carbocycles. The molecule has 2 aromatic carbocycles. The number of hydrogen-bond acceptors (Lipinski definition) is 3. The highest BCUT2D eigenvalue weighted by atomic mass is 32.2. The molecule has 1 aliphatic rings. The summed E-state index contributed by atoms with van der Waals surface area (Å²) in [5.41, 5.74) is 2.37. The van der Waals surface area contributed by atoms with Crippen LogP contribution < -0.4 is 4.74 Å². The maximum Gasteiger partial charge on any atom is 0.243 e. The normalized spacial score (nSPS) is 17.7. The quantitative estimate of drug-likeness (QED) is 0.652. The molecule has 0 N–H and O–H groups in total. The van der Waals surface area contributed by atoms with E-state index < -0.39 is 10.0 Å². The minimum atomic E-state index is -3.35. The van der Waals surface area contributed by atoms with Crippen molar-refractivity contribution in [3.8, 4) is 5.75 Å². The van der Waals surface area contributed by atoms with Crippen molar-refractivity contribution >= 4 is 10.0 Å². The summed E-state index contributed by atoms with van der Waals surface area (Å²) >= 11 is 0. The van der Waals surface area contributed by atoms with E-state index in [-0.39, 0.29) is 6.04 Å². The molecule has 0 amide bonds. The van der Waals surface area contributed by atoms with Crippen molar-refractivity contribution < 1.29 is 13.2 Å². The van der Waals surface area contributed by atoms with Gasteiger partial charge in [-0.15, -0.1) is 0 Å². The lowest BCUT2D eigenvalue weighted by Crippen LogP contribution is -2.50. The molecule has 26 heavy (non-hydrogen) atoms. The summed E-state index contributed by atoms with van der Waals surface area (Å²) in [7, 11) is -1.68. The van der Waals surface area contributed by atoms with Crippen molar-refractivity contribution in [1.29, 1.82) is 0 Å². The van der Waals surface area contributed by atoms with Gasteiger partial charge in [-0.2, -0.15) is 4.31 Å². The smallest absolute Gasteiger partial charge is 0.243 e. The second-order valence-electron chi connectivity index (χ2n) is 6.97. The van der Waals surface area contributed by atoms with Crippen molar-refractivity contribution in [1.82, 2.24) is 4.31 Å². The number of ether oxygens (including phenoxy) is 1. The van der Waals surface area contributed by atoms with Crippen molar-refractivity contribution in [2.45, 2.75) is 50.0 Å². The molecule has 140 valence electrons. The third-order valence-electron chi connectivity index (χ3n) is 5.13. The third kappa shape index (κ3) is 4.27. The number of nitrogens with zero attached hydrogens (tertiary/aromatic N) is 1. The number of benzene rings is 2. The molecule has 0 spiro atoms. The molecule has 0 aromatic heterocycles. The Morgan fingerprint density at radius 1 is 1.04 bits per heavy atom. The summed E-state index contributed by atoms with van der Waals surface area (Å²) in [6.07, 6.45) is 5.02. The Balaban J connectivity index is 1.49. The van der Waals surface area contributed by atoms with E-state index in [0.29, 0.717) is 11.4 Å². The number of aryl methyl sites for hydroxylation is 2. The van der Waals surface area contributed by atoms with Gasteiger partial charge in [0.05, 0.1) is 12.0 Å². The minimum absolute atomic E-state index is 0.150. The molecule has 1 aliphatic heterocycles. The highest BCUT2D eigenvalue weighted by molar-refractivity contribution is 7.89. The SMILES string of the molecule is COc1ccc(CCCC[C@@H]2CCN2S(=O)(=O)c2ccc(C)cc2)cc1. The zero-order valence-corrected chi connectivity index (χ0v) is 16.3. The lowest BCUT2D eigenvalue weighted by molar-refractivity contribution is 0.184. The fourth-order valence-electron chi connectivity index (χ4n) is 3.37. The van der Waals surface area contributed by atoms with Gasteiger partial charge in [-0.25, -0.2) is 8.42 Å². The highest BCUT2D eigenvalue weighted by Gasteiger charge is 2.37. The second-order valence-corrected chi connectivity index (χ2v) is 8.86. The van der Waals surface area contributed by atoms with Gasteiger partial charge in [-0.05, 0) is 62.4 Å². The van der Waals surface area contributed by atoms with Crippen molar-refractivity contribution in [3.63, 3.8) is 0 Å². The van der Waals surface area contributed by atoms with Crippen LogP contribution in [-0.2, 0) is 16.4 Å². The monoisotopic (exact) mass is 373 g/mol. The molecule has 1 heterocycles. The summed E-state index contributed by atoms with van der Waals surface area (Å²) in [5.74, 6) is 0.875. The van der Waals surface area contributed by atoms with Crippen LogP contribution in [0.4, 0.5) is 0 Å². The number of methoxy groups -OCH3 is 1. The van der Waals surface area contributed by atoms with Gasteiger partial charge >= 0.3 is 0 Å². The lowest BCUT2D eigenvalue weighted by atomic mass is 9.98. The molecule has 0 bridgehead atoms. The van der Waals surface area contributed by atoms with E-state index in [0.717, 1.165) is 43.4 Å². The predicted molar refractivity (Wildman–Crippen MR) is 104 cm³/mol. The summed E-state index contributed by atoms with van der Waals surface area (Å²) in [5, 5.41) is 0. The van der Waals surface area contributed by atoms with Crippen molar-refractivity contribution in [2.24, 2.45) is 0 Å². The number of rotatable bonds is 8. The van der Waals surface area contributed by atoms with Crippen LogP contribution in [0.1, 0.15) is 36.8 Å². The Morgan fingerprint density at radius 3 is 2.31 bits per heavy atom. The first-order valence-corrected chi connectivity index (χ1v) is 10.7. The fraction of sp³-hybridized carbons (Fsp3) is 0.429. The van der Waals surface area contributed by atoms with E-state index in [2.05, 4.69) is 12.1 Å². The van der Waals surface area contributed by atoms with Gasteiger partial charge in [0.15, 0.2) is 0 Å². The van der Waals surface area contributed by atoms with Crippen molar-refractivity contribution in [3.05, 3.63) is 59.7 Å². The van der Waals surface area contributed by atoms with Gasteiger partial charge in [0, 0.05) is 12.6 Å². The summed E-state index contributed by atoms with van der Waals surface area (Å²) in [6, 6.07) is 15.4. The number of hydrogen-bond donors (Lipinski definition) is 0. The second kappa shape index (κ2) is 8.23. The van der Waals surface area contributed by atoms with E-state index in [1.54, 1.807) is 23.5 Å². The van der Waals surface area contributed by atoms with Crippen LogP contribution in [0.15, 0.2) is 53.4 Å². The van der Waals surface area contributed by atoms with E-state index in [9.17, 15) is 8.42 Å². The molecule has 2 aromatic rings. The minimum Gasteiger partial charge on any atom is -0.497 e. The Labute approximate surface area is 156 Å². The molecule has 5 heteroatoms. The van der Waals surface area contributed by atoms with Gasteiger partial charge in [0.25, 0.3) is 0 Å². The van der Waals surface area contributed by atoms with Gasteiger partial charge < -0.3 is 4.74 Å². The maximum absolute atomic E-state index is 12.8. The van der Waals surface area contributed by atoms with Crippen LogP contribution >= 0.6 is 0 Å². The average molecular weight is 374 g/mol. The molecule has 0 unspecified atom stereocenters. The maximum atomic E-state index is 12.8. The largest absolute Gasteiger partial charge is 0.497 e. The first-order chi connectivity index (χ1) is 12.5. The van der Waals surface area contributed by atoms with Gasteiger partial charge in [-0.1, -0.05) is 36.2 Å². The molecule has 1 atom stereocenters. The molecule has 0 radical (unpaired) electrons. The van der Waals surface area contributed by atoms with E-state index in [4.69, 9.17) is 4.74 Å². The highest BCUT2D eigenvalue weighted by Crippen LogP contribution is 2.30. The summed E-state index contributed by atoms with van der Waals surface area (Å²) in [6.45, 7) is 2.60. The Bertz CT molecular complexity index is 813. The predicted octanol–water partition coefficient (Wildman–Crippen LogP) is 4.18. The zero-order valence-electron chi connectivity index (χ0n) is 15.5. The molecule has 0 aliphatic carbocycles. The van der Waals surface area contributed by atoms with E-state index in [1.807, 2.05) is 31.2 Å². The standard InChI is InChI=1S/C21H27NO3S/c1-17-7-13-21(14-8-17)26(23,24)22-16-15-19(22)6-4-3-5-18-9-11-20(25-2)12-10-18/h7-14,19H,3-6,15-16H2,1-2H3/t19-/m1/s1. The number of unbranched alkanes of at least 4 members (excludes halogenated alkanes) is 1. The van der Waals surface area contributed by atoms with E-state index >= 15 is 0 Å². The van der Waals surface area contributed by atoms with Gasteiger partial charge in [-0.3, -0.25) is 0 Å². The van der Waals surface area contributed by atoms with Crippen LogP contribution in [0.25, 0.3) is 0 Å². The van der Waals surface area contributed by atoms with Gasteiger partial charge in [0.1, 0.15) is 5.75 Å². The summed E-state index contributed by atoms with van der Waals surface area (Å²) < 4.78 is 32.4.